The first-order chi connectivity index (χ1) is 15.6. The first-order valence-electron chi connectivity index (χ1n) is 10.7. The van der Waals surface area contributed by atoms with Crippen LogP contribution in [-0.2, 0) is 0 Å². The summed E-state index contributed by atoms with van der Waals surface area (Å²) >= 11 is 0. The molecule has 2 atom stereocenters. The number of fused-ring (bicyclic) bond motifs is 1. The molecule has 2 unspecified atom stereocenters. The molecule has 0 saturated heterocycles. The van der Waals surface area contributed by atoms with Gasteiger partial charge in [-0.1, -0.05) is 30.3 Å². The maximum absolute atomic E-state index is 13.6. The number of pyridine rings is 1. The van der Waals surface area contributed by atoms with Gasteiger partial charge in [0.25, 0.3) is 5.91 Å². The van der Waals surface area contributed by atoms with Gasteiger partial charge >= 0.3 is 0 Å². The molecule has 1 saturated carbocycles. The molecule has 3 aromatic rings. The third kappa shape index (κ3) is 3.84. The normalized spacial score (nSPS) is 21.4. The number of hydrogen-bond acceptors (Lipinski definition) is 3. The average Bonchev–Trinajstić information content (AvgIpc) is 3.22. The zero-order valence-corrected chi connectivity index (χ0v) is 17.3. The highest BCUT2D eigenvalue weighted by Crippen LogP contribution is 2.44. The molecule has 6 heteroatoms. The quantitative estimate of drug-likeness (QED) is 0.529. The van der Waals surface area contributed by atoms with E-state index in [0.717, 1.165) is 41.7 Å². The zero-order valence-electron chi connectivity index (χ0n) is 17.3. The van der Waals surface area contributed by atoms with Gasteiger partial charge in [-0.05, 0) is 78.4 Å². The van der Waals surface area contributed by atoms with E-state index >= 15 is 0 Å². The van der Waals surface area contributed by atoms with E-state index in [0.29, 0.717) is 5.69 Å². The minimum atomic E-state index is -0.336. The van der Waals surface area contributed by atoms with E-state index in [1.165, 1.54) is 29.3 Å². The Balaban J connectivity index is 1.57. The van der Waals surface area contributed by atoms with Crippen molar-refractivity contribution in [2.75, 3.05) is 0 Å². The van der Waals surface area contributed by atoms with Crippen LogP contribution in [-0.4, -0.2) is 21.6 Å². The Kier molecular flexibility index (Phi) is 5.35. The van der Waals surface area contributed by atoms with Gasteiger partial charge in [-0.3, -0.25) is 9.78 Å². The first-order valence-corrected chi connectivity index (χ1v) is 10.7. The van der Waals surface area contributed by atoms with Crippen LogP contribution in [0.25, 0.3) is 6.08 Å². The molecule has 0 bridgehead atoms. The summed E-state index contributed by atoms with van der Waals surface area (Å²) in [5, 5.41) is 6.29. The molecular formula is C26H21F2N3O. The highest BCUT2D eigenvalue weighted by atomic mass is 19.1. The van der Waals surface area contributed by atoms with Gasteiger partial charge in [0.1, 0.15) is 17.3 Å². The van der Waals surface area contributed by atoms with Crippen LogP contribution >= 0.6 is 0 Å². The SMILES string of the molecule is O=C(c1ccccn1)N1N=C2/C(=C\c3ccc(F)cc3)CCCC2C1c1ccc(F)cc1. The van der Waals surface area contributed by atoms with Crippen molar-refractivity contribution in [3.05, 3.63) is 107 Å². The van der Waals surface area contributed by atoms with Gasteiger partial charge in [-0.25, -0.2) is 13.8 Å². The third-order valence-corrected chi connectivity index (χ3v) is 6.02. The van der Waals surface area contributed by atoms with Gasteiger partial charge in [0, 0.05) is 12.1 Å². The number of hydrazone groups is 1. The molecule has 1 aliphatic carbocycles. The standard InChI is InChI=1S/C26H21F2N3O/c27-20-11-7-17(8-12-20)16-19-4-3-5-22-24(19)30-31(26(32)23-6-1-2-15-29-23)25(22)18-9-13-21(28)14-10-18/h1-2,6-16,22,25H,3-5H2/b19-16-. The summed E-state index contributed by atoms with van der Waals surface area (Å²) in [6, 6.07) is 17.4. The molecule has 4 nitrogen and oxygen atoms in total. The fraction of sp³-hybridized carbons (Fsp3) is 0.192. The number of hydrogen-bond donors (Lipinski definition) is 0. The molecule has 2 aromatic carbocycles. The Morgan fingerprint density at radius 1 is 0.969 bits per heavy atom. The molecule has 2 aliphatic rings. The number of nitrogens with zero attached hydrogens (tertiary/aromatic N) is 3. The number of aromatic nitrogens is 1. The van der Waals surface area contributed by atoms with Crippen LogP contribution < -0.4 is 0 Å². The van der Waals surface area contributed by atoms with Crippen molar-refractivity contribution in [2.24, 2.45) is 11.0 Å². The van der Waals surface area contributed by atoms with Crippen LogP contribution in [0.3, 0.4) is 0 Å². The number of benzene rings is 2. The van der Waals surface area contributed by atoms with Gasteiger partial charge in [0.15, 0.2) is 0 Å². The van der Waals surface area contributed by atoms with Crippen LogP contribution in [0.5, 0.6) is 0 Å². The minimum absolute atomic E-state index is 0.00595. The molecule has 0 radical (unpaired) electrons. The van der Waals surface area contributed by atoms with E-state index in [1.807, 2.05) is 6.08 Å². The number of carbonyl (C=O) groups excluding carboxylic acids is 1. The smallest absolute Gasteiger partial charge is 0.265 e. The van der Waals surface area contributed by atoms with Crippen molar-refractivity contribution in [2.45, 2.75) is 25.3 Å². The van der Waals surface area contributed by atoms with Gasteiger partial charge in [-0.15, -0.1) is 0 Å². The zero-order chi connectivity index (χ0) is 22.1. The molecule has 1 fully saturated rings. The molecule has 160 valence electrons. The second-order valence-electron chi connectivity index (χ2n) is 8.07. The number of rotatable bonds is 3. The Morgan fingerprint density at radius 3 is 2.38 bits per heavy atom. The molecule has 5 rings (SSSR count). The lowest BCUT2D eigenvalue weighted by atomic mass is 9.77. The van der Waals surface area contributed by atoms with Gasteiger partial charge < -0.3 is 0 Å². The maximum Gasteiger partial charge on any atom is 0.293 e. The number of amides is 1. The third-order valence-electron chi connectivity index (χ3n) is 6.02. The Labute approximate surface area is 184 Å². The second-order valence-corrected chi connectivity index (χ2v) is 8.07. The van der Waals surface area contributed by atoms with Crippen LogP contribution in [0.15, 0.2) is 83.6 Å². The minimum Gasteiger partial charge on any atom is -0.265 e. The predicted octanol–water partition coefficient (Wildman–Crippen LogP) is 5.80. The maximum atomic E-state index is 13.6. The summed E-state index contributed by atoms with van der Waals surface area (Å²) < 4.78 is 26.9. The van der Waals surface area contributed by atoms with E-state index < -0.39 is 0 Å². The Hall–Kier alpha value is -3.67. The van der Waals surface area contributed by atoms with Crippen LogP contribution in [0.1, 0.15) is 46.9 Å². The second kappa shape index (κ2) is 8.46. The lowest BCUT2D eigenvalue weighted by Crippen LogP contribution is -2.32. The van der Waals surface area contributed by atoms with Crippen LogP contribution in [0.2, 0.25) is 0 Å². The van der Waals surface area contributed by atoms with E-state index in [-0.39, 0.29) is 29.5 Å². The summed E-state index contributed by atoms with van der Waals surface area (Å²) in [4.78, 5) is 17.6. The van der Waals surface area contributed by atoms with Gasteiger partial charge in [0.2, 0.25) is 0 Å². The first kappa shape index (κ1) is 20.2. The summed E-state index contributed by atoms with van der Waals surface area (Å²) in [5.74, 6) is -0.900. The largest absolute Gasteiger partial charge is 0.293 e. The highest BCUT2D eigenvalue weighted by Gasteiger charge is 2.44. The molecule has 1 aromatic heterocycles. The fourth-order valence-corrected chi connectivity index (χ4v) is 4.53. The lowest BCUT2D eigenvalue weighted by Gasteiger charge is -2.29. The summed E-state index contributed by atoms with van der Waals surface area (Å²) in [6.45, 7) is 0. The molecule has 32 heavy (non-hydrogen) atoms. The number of allylic oxidation sites excluding steroid dienone is 1. The summed E-state index contributed by atoms with van der Waals surface area (Å²) in [6.07, 6.45) is 6.24. The average molecular weight is 429 g/mol. The Bertz CT molecular complexity index is 1190. The van der Waals surface area contributed by atoms with E-state index in [4.69, 9.17) is 5.10 Å². The molecule has 1 amide bonds. The lowest BCUT2D eigenvalue weighted by molar-refractivity contribution is 0.0674. The molecule has 2 heterocycles. The molecule has 0 N–H and O–H groups in total. The molecular weight excluding hydrogens is 408 g/mol. The van der Waals surface area contributed by atoms with Crippen molar-refractivity contribution in [3.63, 3.8) is 0 Å². The summed E-state index contributed by atoms with van der Waals surface area (Å²) in [7, 11) is 0. The van der Waals surface area contributed by atoms with Crippen molar-refractivity contribution in [1.82, 2.24) is 9.99 Å². The van der Waals surface area contributed by atoms with Gasteiger partial charge in [0.05, 0.1) is 11.8 Å². The van der Waals surface area contributed by atoms with Crippen molar-refractivity contribution in [1.29, 1.82) is 0 Å². The highest BCUT2D eigenvalue weighted by molar-refractivity contribution is 6.09. The van der Waals surface area contributed by atoms with Gasteiger partial charge in [-0.2, -0.15) is 5.10 Å². The molecule has 0 spiro atoms. The fourth-order valence-electron chi connectivity index (χ4n) is 4.53. The van der Waals surface area contributed by atoms with Crippen molar-refractivity contribution >= 4 is 17.7 Å². The van der Waals surface area contributed by atoms with Crippen LogP contribution in [0.4, 0.5) is 8.78 Å². The van der Waals surface area contributed by atoms with E-state index in [1.54, 1.807) is 48.7 Å². The summed E-state index contributed by atoms with van der Waals surface area (Å²) in [5.41, 5.74) is 3.93. The number of carbonyl (C=O) groups is 1. The van der Waals surface area contributed by atoms with E-state index in [9.17, 15) is 13.6 Å². The topological polar surface area (TPSA) is 45.6 Å². The Morgan fingerprint density at radius 2 is 1.69 bits per heavy atom. The van der Waals surface area contributed by atoms with Crippen molar-refractivity contribution < 1.29 is 13.6 Å². The number of halogens is 2. The van der Waals surface area contributed by atoms with Crippen molar-refractivity contribution in [3.8, 4) is 0 Å². The van der Waals surface area contributed by atoms with Crippen LogP contribution in [0, 0.1) is 17.6 Å². The van der Waals surface area contributed by atoms with E-state index in [2.05, 4.69) is 4.98 Å². The molecule has 1 aliphatic heterocycles. The monoisotopic (exact) mass is 429 g/mol. The predicted molar refractivity (Wildman–Crippen MR) is 119 cm³/mol.